The first-order valence-corrected chi connectivity index (χ1v) is 12.7. The molecule has 0 bridgehead atoms. The first-order chi connectivity index (χ1) is 15.7. The number of amides is 3. The Morgan fingerprint density at radius 2 is 2.03 bits per heavy atom. The highest BCUT2D eigenvalue weighted by Crippen LogP contribution is 2.31. The van der Waals surface area contributed by atoms with Crippen molar-refractivity contribution in [1.82, 2.24) is 10.3 Å². The maximum Gasteiger partial charge on any atom is 0.329 e. The maximum atomic E-state index is 14.0. The van der Waals surface area contributed by atoms with E-state index in [4.69, 9.17) is 4.74 Å². The molecule has 176 valence electrons. The van der Waals surface area contributed by atoms with Crippen molar-refractivity contribution in [3.05, 3.63) is 53.6 Å². The molecule has 4 rings (SSSR count). The van der Waals surface area contributed by atoms with Gasteiger partial charge in [0.05, 0.1) is 30.0 Å². The number of benzene rings is 1. The summed E-state index contributed by atoms with van der Waals surface area (Å²) in [5.41, 5.74) is 1.75. The molecule has 1 aliphatic heterocycles. The van der Waals surface area contributed by atoms with Gasteiger partial charge in [-0.15, -0.1) is 0 Å². The first kappa shape index (κ1) is 23.2. The minimum atomic E-state index is -3.40. The Balaban J connectivity index is 1.33. The van der Waals surface area contributed by atoms with Crippen LogP contribution < -0.4 is 15.0 Å². The highest BCUT2D eigenvalue weighted by molar-refractivity contribution is 7.91. The van der Waals surface area contributed by atoms with Gasteiger partial charge in [-0.3, -0.25) is 20.0 Å². The van der Waals surface area contributed by atoms with Crippen LogP contribution in [0, 0.1) is 11.7 Å². The quantitative estimate of drug-likeness (QED) is 0.530. The third kappa shape index (κ3) is 6.07. The molecule has 1 aromatic carbocycles. The molecule has 10 heteroatoms. The molecule has 1 saturated carbocycles. The van der Waals surface area contributed by atoms with Crippen LogP contribution in [0.15, 0.2) is 36.5 Å². The molecule has 2 heterocycles. The Hall–Kier alpha value is -3.01. The maximum absolute atomic E-state index is 14.0. The van der Waals surface area contributed by atoms with Crippen molar-refractivity contribution in [3.8, 4) is 5.75 Å². The number of imide groups is 1. The van der Waals surface area contributed by atoms with Crippen LogP contribution in [0.2, 0.25) is 0 Å². The molecule has 1 N–H and O–H groups in total. The zero-order valence-corrected chi connectivity index (χ0v) is 19.1. The Bertz CT molecular complexity index is 1150. The molecule has 3 amide bonds. The predicted molar refractivity (Wildman–Crippen MR) is 121 cm³/mol. The first-order valence-electron chi connectivity index (χ1n) is 10.9. The van der Waals surface area contributed by atoms with Gasteiger partial charge in [-0.2, -0.15) is 0 Å². The van der Waals surface area contributed by atoms with Gasteiger partial charge in [-0.25, -0.2) is 17.6 Å². The minimum absolute atomic E-state index is 0.0666. The van der Waals surface area contributed by atoms with Gasteiger partial charge < -0.3 is 4.74 Å². The van der Waals surface area contributed by atoms with Gasteiger partial charge >= 0.3 is 6.03 Å². The van der Waals surface area contributed by atoms with E-state index in [1.165, 1.54) is 17.2 Å². The van der Waals surface area contributed by atoms with Crippen molar-refractivity contribution in [2.24, 2.45) is 5.92 Å². The molecule has 1 atom stereocenters. The van der Waals surface area contributed by atoms with Crippen molar-refractivity contribution in [3.63, 3.8) is 0 Å². The molecule has 0 unspecified atom stereocenters. The van der Waals surface area contributed by atoms with Crippen LogP contribution in [-0.2, 0) is 21.1 Å². The minimum Gasteiger partial charge on any atom is -0.490 e. The van der Waals surface area contributed by atoms with E-state index in [-0.39, 0.29) is 42.0 Å². The molecule has 2 aliphatic rings. The molecule has 0 radical (unpaired) electrons. The van der Waals surface area contributed by atoms with E-state index in [1.807, 2.05) is 0 Å². The molecule has 2 fully saturated rings. The number of pyridine rings is 1. The third-order valence-corrected chi connectivity index (χ3v) is 7.62. The van der Waals surface area contributed by atoms with Crippen LogP contribution >= 0.6 is 0 Å². The zero-order valence-electron chi connectivity index (χ0n) is 18.3. The average molecular weight is 476 g/mol. The molecule has 1 aromatic heterocycles. The van der Waals surface area contributed by atoms with E-state index in [1.54, 1.807) is 31.2 Å². The van der Waals surface area contributed by atoms with Gasteiger partial charge in [-0.05, 0) is 54.5 Å². The lowest BCUT2D eigenvalue weighted by Crippen LogP contribution is -2.28. The fourth-order valence-electron chi connectivity index (χ4n) is 3.62. The largest absolute Gasteiger partial charge is 0.490 e. The number of carbonyl (C=O) groups excluding carboxylic acids is 2. The summed E-state index contributed by atoms with van der Waals surface area (Å²) in [5, 5.41) is 2.19. The van der Waals surface area contributed by atoms with E-state index in [0.717, 1.165) is 12.8 Å². The summed E-state index contributed by atoms with van der Waals surface area (Å²) in [5.74, 6) is -0.648. The molecular formula is C23H26FN3O5S. The van der Waals surface area contributed by atoms with Gasteiger partial charge in [0.1, 0.15) is 6.54 Å². The number of sulfone groups is 1. The molecular weight excluding hydrogens is 449 g/mol. The van der Waals surface area contributed by atoms with Gasteiger partial charge in [0.25, 0.3) is 0 Å². The summed E-state index contributed by atoms with van der Waals surface area (Å²) < 4.78 is 45.0. The summed E-state index contributed by atoms with van der Waals surface area (Å²) in [6.07, 6.45) is 3.87. The summed E-state index contributed by atoms with van der Waals surface area (Å²) in [4.78, 5) is 28.5. The number of carbonyl (C=O) groups is 2. The summed E-state index contributed by atoms with van der Waals surface area (Å²) in [7, 11) is -3.40. The van der Waals surface area contributed by atoms with Crippen molar-refractivity contribution in [1.29, 1.82) is 0 Å². The number of hydrogen-bond donors (Lipinski definition) is 1. The SMILES string of the molecule is C[C@@H](CS(=O)(=O)CCc1ccc(N2CC(=O)NC2=O)cn1)c1ccc(F)c(OCC2CC2)c1. The van der Waals surface area contributed by atoms with E-state index < -0.39 is 21.7 Å². The van der Waals surface area contributed by atoms with Crippen LogP contribution in [0.1, 0.15) is 36.9 Å². The Kier molecular flexibility index (Phi) is 6.64. The standard InChI is InChI=1S/C23H26FN3O5S/c1-15(17-4-7-20(24)21(10-17)32-13-16-2-3-16)14-33(30,31)9-8-18-5-6-19(11-25-18)27-12-22(28)26-23(27)29/h4-7,10-11,15-16H,2-3,8-9,12-14H2,1H3,(H,26,28,29)/t15-/m0/s1. The van der Waals surface area contributed by atoms with Gasteiger partial charge in [0.2, 0.25) is 5.91 Å². The third-order valence-electron chi connectivity index (χ3n) is 5.78. The van der Waals surface area contributed by atoms with E-state index >= 15 is 0 Å². The van der Waals surface area contributed by atoms with Crippen molar-refractivity contribution < 1.29 is 27.1 Å². The predicted octanol–water partition coefficient (Wildman–Crippen LogP) is 2.83. The van der Waals surface area contributed by atoms with Gasteiger partial charge in [-0.1, -0.05) is 13.0 Å². The second kappa shape index (κ2) is 9.46. The van der Waals surface area contributed by atoms with Crippen LogP contribution in [0.25, 0.3) is 0 Å². The number of nitrogens with zero attached hydrogens (tertiary/aromatic N) is 2. The van der Waals surface area contributed by atoms with Crippen molar-refractivity contribution in [2.75, 3.05) is 29.6 Å². The molecule has 8 nitrogen and oxygen atoms in total. The second-order valence-corrected chi connectivity index (χ2v) is 10.9. The number of rotatable bonds is 10. The second-order valence-electron chi connectivity index (χ2n) is 8.66. The lowest BCUT2D eigenvalue weighted by atomic mass is 10.0. The number of ether oxygens (including phenoxy) is 1. The number of hydrogen-bond acceptors (Lipinski definition) is 6. The molecule has 2 aromatic rings. The zero-order chi connectivity index (χ0) is 23.6. The monoisotopic (exact) mass is 475 g/mol. The van der Waals surface area contributed by atoms with Crippen molar-refractivity contribution in [2.45, 2.75) is 32.1 Å². The van der Waals surface area contributed by atoms with E-state index in [2.05, 4.69) is 10.3 Å². The van der Waals surface area contributed by atoms with Gasteiger partial charge in [0, 0.05) is 12.1 Å². The highest BCUT2D eigenvalue weighted by Gasteiger charge is 2.28. The Morgan fingerprint density at radius 1 is 1.24 bits per heavy atom. The average Bonchev–Trinajstić information content (AvgIpc) is 3.54. The number of anilines is 1. The van der Waals surface area contributed by atoms with E-state index in [0.29, 0.717) is 29.5 Å². The topological polar surface area (TPSA) is 106 Å². The Labute approximate surface area is 192 Å². The molecule has 1 saturated heterocycles. The molecule has 1 aliphatic carbocycles. The van der Waals surface area contributed by atoms with Crippen LogP contribution in [-0.4, -0.2) is 50.0 Å². The van der Waals surface area contributed by atoms with Crippen LogP contribution in [0.3, 0.4) is 0 Å². The fourth-order valence-corrected chi connectivity index (χ4v) is 5.27. The van der Waals surface area contributed by atoms with Crippen LogP contribution in [0.5, 0.6) is 5.75 Å². The number of halogens is 1. The summed E-state index contributed by atoms with van der Waals surface area (Å²) >= 11 is 0. The van der Waals surface area contributed by atoms with Gasteiger partial charge in [0.15, 0.2) is 21.4 Å². The highest BCUT2D eigenvalue weighted by atomic mass is 32.2. The number of aryl methyl sites for hydroxylation is 1. The number of urea groups is 1. The summed E-state index contributed by atoms with van der Waals surface area (Å²) in [6, 6.07) is 7.29. The summed E-state index contributed by atoms with van der Waals surface area (Å²) in [6.45, 7) is 2.21. The molecule has 33 heavy (non-hydrogen) atoms. The molecule has 0 spiro atoms. The Morgan fingerprint density at radius 3 is 2.67 bits per heavy atom. The van der Waals surface area contributed by atoms with Crippen LogP contribution in [0.4, 0.5) is 14.9 Å². The van der Waals surface area contributed by atoms with E-state index in [9.17, 15) is 22.4 Å². The smallest absolute Gasteiger partial charge is 0.329 e. The number of nitrogens with one attached hydrogen (secondary N) is 1. The fraction of sp³-hybridized carbons (Fsp3) is 0.435. The lowest BCUT2D eigenvalue weighted by molar-refractivity contribution is -0.117. The lowest BCUT2D eigenvalue weighted by Gasteiger charge is -2.15. The van der Waals surface area contributed by atoms with Crippen molar-refractivity contribution >= 4 is 27.5 Å². The number of aromatic nitrogens is 1. The normalized spacial score (nSPS) is 17.2.